The molecule has 1 amide bonds. The van der Waals surface area contributed by atoms with Gasteiger partial charge in [-0.25, -0.2) is 13.9 Å². The van der Waals surface area contributed by atoms with Crippen LogP contribution in [0.2, 0.25) is 0 Å². The summed E-state index contributed by atoms with van der Waals surface area (Å²) in [6.45, 7) is 2.28. The zero-order valence-corrected chi connectivity index (χ0v) is 15.2. The SMILES string of the molecule is CCCN(C(=O)O)c1cccc(Cc2nn(-c3cncc(F)c3)ccc2=O)c1. The molecule has 1 aromatic carbocycles. The van der Waals surface area contributed by atoms with Gasteiger partial charge >= 0.3 is 6.09 Å². The van der Waals surface area contributed by atoms with Crippen molar-refractivity contribution in [3.8, 4) is 5.69 Å². The molecule has 2 heterocycles. The summed E-state index contributed by atoms with van der Waals surface area (Å²) in [5.74, 6) is -0.503. The van der Waals surface area contributed by atoms with E-state index >= 15 is 0 Å². The summed E-state index contributed by atoms with van der Waals surface area (Å²) < 4.78 is 14.8. The van der Waals surface area contributed by atoms with E-state index in [0.29, 0.717) is 24.3 Å². The van der Waals surface area contributed by atoms with E-state index in [1.54, 1.807) is 24.3 Å². The van der Waals surface area contributed by atoms with Crippen LogP contribution >= 0.6 is 0 Å². The standard InChI is InChI=1S/C20H19FN4O3/c1-2-7-24(20(27)28)16-5-3-4-14(9-16)10-18-19(26)6-8-25(23-18)17-11-15(21)12-22-13-17/h3-6,8-9,11-13H,2,7,10H2,1H3,(H,27,28). The minimum Gasteiger partial charge on any atom is -0.465 e. The lowest BCUT2D eigenvalue weighted by molar-refractivity contribution is 0.202. The van der Waals surface area contributed by atoms with Gasteiger partial charge in [-0.1, -0.05) is 19.1 Å². The molecule has 3 rings (SSSR count). The molecule has 0 unspecified atom stereocenters. The monoisotopic (exact) mass is 382 g/mol. The van der Waals surface area contributed by atoms with Gasteiger partial charge in [-0.2, -0.15) is 5.10 Å². The largest absolute Gasteiger partial charge is 0.465 e. The average Bonchev–Trinajstić information content (AvgIpc) is 2.68. The maximum absolute atomic E-state index is 13.4. The molecule has 0 saturated carbocycles. The predicted molar refractivity (Wildman–Crippen MR) is 102 cm³/mol. The van der Waals surface area contributed by atoms with Crippen molar-refractivity contribution < 1.29 is 14.3 Å². The number of anilines is 1. The van der Waals surface area contributed by atoms with Crippen LogP contribution in [0.5, 0.6) is 0 Å². The molecule has 28 heavy (non-hydrogen) atoms. The maximum atomic E-state index is 13.4. The molecular weight excluding hydrogens is 363 g/mol. The summed E-state index contributed by atoms with van der Waals surface area (Å²) in [6, 6.07) is 9.61. The Kier molecular flexibility index (Phi) is 5.78. The molecule has 144 valence electrons. The normalized spacial score (nSPS) is 10.6. The van der Waals surface area contributed by atoms with E-state index in [-0.39, 0.29) is 17.5 Å². The van der Waals surface area contributed by atoms with Crippen molar-refractivity contribution in [2.24, 2.45) is 0 Å². The van der Waals surface area contributed by atoms with Gasteiger partial charge in [0.1, 0.15) is 11.5 Å². The van der Waals surface area contributed by atoms with Crippen LogP contribution in [-0.4, -0.2) is 32.5 Å². The van der Waals surface area contributed by atoms with E-state index in [1.807, 2.05) is 6.92 Å². The van der Waals surface area contributed by atoms with Crippen LogP contribution in [0.25, 0.3) is 5.69 Å². The van der Waals surface area contributed by atoms with Crippen molar-refractivity contribution in [2.45, 2.75) is 19.8 Å². The zero-order chi connectivity index (χ0) is 20.1. The molecule has 0 aliphatic carbocycles. The maximum Gasteiger partial charge on any atom is 0.411 e. The van der Waals surface area contributed by atoms with E-state index in [2.05, 4.69) is 10.1 Å². The Bertz CT molecular complexity index is 1050. The number of halogens is 1. The van der Waals surface area contributed by atoms with Crippen molar-refractivity contribution in [1.82, 2.24) is 14.8 Å². The van der Waals surface area contributed by atoms with Crippen LogP contribution in [0.3, 0.4) is 0 Å². The highest BCUT2D eigenvalue weighted by molar-refractivity contribution is 5.86. The predicted octanol–water partition coefficient (Wildman–Crippen LogP) is 3.25. The fraction of sp³-hybridized carbons (Fsp3) is 0.200. The molecule has 8 heteroatoms. The number of aromatic nitrogens is 3. The number of carbonyl (C=O) groups is 1. The minimum absolute atomic E-state index is 0.218. The van der Waals surface area contributed by atoms with Gasteiger partial charge in [0.2, 0.25) is 5.43 Å². The Morgan fingerprint density at radius 3 is 2.79 bits per heavy atom. The lowest BCUT2D eigenvalue weighted by atomic mass is 10.1. The van der Waals surface area contributed by atoms with Gasteiger partial charge in [-0.3, -0.25) is 14.7 Å². The summed E-state index contributed by atoms with van der Waals surface area (Å²) in [5.41, 5.74) is 1.70. The molecule has 7 nitrogen and oxygen atoms in total. The average molecular weight is 382 g/mol. The smallest absolute Gasteiger partial charge is 0.411 e. The van der Waals surface area contributed by atoms with Gasteiger partial charge in [-0.15, -0.1) is 0 Å². The first-order chi connectivity index (χ1) is 13.5. The quantitative estimate of drug-likeness (QED) is 0.707. The number of benzene rings is 1. The number of carboxylic acid groups (broad SMARTS) is 1. The number of amides is 1. The van der Waals surface area contributed by atoms with Crippen molar-refractivity contribution in [3.63, 3.8) is 0 Å². The van der Waals surface area contributed by atoms with Crippen LogP contribution in [-0.2, 0) is 6.42 Å². The Hall–Kier alpha value is -3.55. The Balaban J connectivity index is 1.92. The minimum atomic E-state index is -1.03. The number of nitrogens with zero attached hydrogens (tertiary/aromatic N) is 4. The van der Waals surface area contributed by atoms with Crippen molar-refractivity contribution in [3.05, 3.63) is 82.3 Å². The van der Waals surface area contributed by atoms with Crippen LogP contribution < -0.4 is 10.3 Å². The topological polar surface area (TPSA) is 88.3 Å². The molecule has 2 aromatic heterocycles. The fourth-order valence-electron chi connectivity index (χ4n) is 2.83. The second kappa shape index (κ2) is 8.43. The molecule has 0 aliphatic heterocycles. The summed E-state index contributed by atoms with van der Waals surface area (Å²) in [6.07, 6.45) is 3.85. The van der Waals surface area contributed by atoms with E-state index in [1.165, 1.54) is 34.1 Å². The molecule has 0 aliphatic rings. The number of pyridine rings is 1. The molecule has 0 radical (unpaired) electrons. The summed E-state index contributed by atoms with van der Waals surface area (Å²) >= 11 is 0. The molecule has 3 aromatic rings. The fourth-order valence-corrected chi connectivity index (χ4v) is 2.83. The highest BCUT2D eigenvalue weighted by Crippen LogP contribution is 2.18. The van der Waals surface area contributed by atoms with Crippen LogP contribution in [0.1, 0.15) is 24.6 Å². The molecule has 1 N–H and O–H groups in total. The van der Waals surface area contributed by atoms with Crippen molar-refractivity contribution in [1.29, 1.82) is 0 Å². The van der Waals surface area contributed by atoms with Gasteiger partial charge in [0.15, 0.2) is 0 Å². The third kappa shape index (κ3) is 4.40. The highest BCUT2D eigenvalue weighted by Gasteiger charge is 2.14. The second-order valence-corrected chi connectivity index (χ2v) is 6.21. The van der Waals surface area contributed by atoms with E-state index < -0.39 is 11.9 Å². The van der Waals surface area contributed by atoms with E-state index in [0.717, 1.165) is 11.8 Å². The molecule has 0 spiro atoms. The van der Waals surface area contributed by atoms with Gasteiger partial charge in [0.05, 0.1) is 18.1 Å². The molecular formula is C20H19FN4O3. The first kappa shape index (κ1) is 19.2. The third-order valence-corrected chi connectivity index (χ3v) is 4.11. The van der Waals surface area contributed by atoms with Crippen LogP contribution in [0.15, 0.2) is 59.8 Å². The van der Waals surface area contributed by atoms with Gasteiger partial charge in [-0.05, 0) is 24.1 Å². The molecule has 0 saturated heterocycles. The third-order valence-electron chi connectivity index (χ3n) is 4.11. The van der Waals surface area contributed by atoms with Crippen LogP contribution in [0.4, 0.5) is 14.9 Å². The summed E-state index contributed by atoms with van der Waals surface area (Å²) in [5, 5.41) is 13.7. The highest BCUT2D eigenvalue weighted by atomic mass is 19.1. The lowest BCUT2D eigenvalue weighted by Gasteiger charge is -2.19. The number of hydrogen-bond acceptors (Lipinski definition) is 4. The Morgan fingerprint density at radius 1 is 1.25 bits per heavy atom. The van der Waals surface area contributed by atoms with Crippen molar-refractivity contribution in [2.75, 3.05) is 11.4 Å². The van der Waals surface area contributed by atoms with Gasteiger partial charge in [0.25, 0.3) is 0 Å². The first-order valence-corrected chi connectivity index (χ1v) is 8.77. The number of rotatable bonds is 6. The van der Waals surface area contributed by atoms with E-state index in [4.69, 9.17) is 0 Å². The van der Waals surface area contributed by atoms with Gasteiger partial charge in [0, 0.05) is 37.0 Å². The van der Waals surface area contributed by atoms with Gasteiger partial charge < -0.3 is 5.11 Å². The summed E-state index contributed by atoms with van der Waals surface area (Å²) in [7, 11) is 0. The zero-order valence-electron chi connectivity index (χ0n) is 15.2. The Morgan fingerprint density at radius 2 is 2.07 bits per heavy atom. The van der Waals surface area contributed by atoms with Crippen molar-refractivity contribution >= 4 is 11.8 Å². The summed E-state index contributed by atoms with van der Waals surface area (Å²) in [4.78, 5) is 28.7. The number of hydrogen-bond donors (Lipinski definition) is 1. The molecule has 0 bridgehead atoms. The lowest BCUT2D eigenvalue weighted by Crippen LogP contribution is -2.29. The van der Waals surface area contributed by atoms with E-state index in [9.17, 15) is 19.1 Å². The van der Waals surface area contributed by atoms with Crippen LogP contribution in [0, 0.1) is 5.82 Å². The second-order valence-electron chi connectivity index (χ2n) is 6.21. The molecule has 0 atom stereocenters. The first-order valence-electron chi connectivity index (χ1n) is 8.77. The molecule has 0 fully saturated rings. The Labute approximate surface area is 160 Å².